The highest BCUT2D eigenvalue weighted by Gasteiger charge is 1.96. The van der Waals surface area contributed by atoms with Crippen LogP contribution in [0.3, 0.4) is 0 Å². The fraction of sp³-hybridized carbons (Fsp3) is 0.111. The van der Waals surface area contributed by atoms with Crippen LogP contribution < -0.4 is 0 Å². The van der Waals surface area contributed by atoms with Gasteiger partial charge in [-0.2, -0.15) is 0 Å². The zero-order valence-corrected chi connectivity index (χ0v) is 7.81. The van der Waals surface area contributed by atoms with Crippen molar-refractivity contribution in [3.8, 4) is 5.75 Å². The van der Waals surface area contributed by atoms with Gasteiger partial charge in [0.2, 0.25) is 0 Å². The molecule has 0 aromatic heterocycles. The van der Waals surface area contributed by atoms with Crippen LogP contribution in [-0.4, -0.2) is 11.0 Å². The molecular weight excluding hydrogens is 195 g/mol. The fourth-order valence-electron chi connectivity index (χ4n) is 0.830. The molecule has 0 aliphatic carbocycles. The number of aromatic hydroxyl groups is 1. The summed E-state index contributed by atoms with van der Waals surface area (Å²) in [5.74, 6) is 0.632. The van der Waals surface area contributed by atoms with Crippen molar-refractivity contribution in [3.05, 3.63) is 34.9 Å². The van der Waals surface area contributed by atoms with E-state index in [0.29, 0.717) is 16.5 Å². The Kier molecular flexibility index (Phi) is 3.45. The smallest absolute Gasteiger partial charge is 0.122 e. The second kappa shape index (κ2) is 4.39. The number of halogens is 2. The molecule has 3 heteroatoms. The van der Waals surface area contributed by atoms with E-state index in [-0.39, 0.29) is 5.75 Å². The van der Waals surface area contributed by atoms with Crippen LogP contribution in [0.25, 0.3) is 6.08 Å². The number of phenols is 1. The summed E-state index contributed by atoms with van der Waals surface area (Å²) in [6.07, 6.45) is 3.47. The maximum absolute atomic E-state index is 9.31. The fourth-order valence-corrected chi connectivity index (χ4v) is 1.10. The summed E-state index contributed by atoms with van der Waals surface area (Å²) in [5.41, 5.74) is 0.683. The number of hydrogen-bond acceptors (Lipinski definition) is 1. The van der Waals surface area contributed by atoms with Gasteiger partial charge in [-0.05, 0) is 18.2 Å². The van der Waals surface area contributed by atoms with E-state index in [0.717, 1.165) is 0 Å². The predicted octanol–water partition coefficient (Wildman–Crippen LogP) is 3.30. The highest BCUT2D eigenvalue weighted by Crippen LogP contribution is 2.22. The van der Waals surface area contributed by atoms with E-state index in [4.69, 9.17) is 23.2 Å². The van der Waals surface area contributed by atoms with Crippen molar-refractivity contribution in [1.82, 2.24) is 0 Å². The van der Waals surface area contributed by atoms with E-state index in [2.05, 4.69) is 0 Å². The Morgan fingerprint density at radius 2 is 2.17 bits per heavy atom. The maximum Gasteiger partial charge on any atom is 0.122 e. The molecule has 1 rings (SSSR count). The molecule has 0 heterocycles. The average Bonchev–Trinajstić information content (AvgIpc) is 2.07. The molecule has 0 saturated heterocycles. The van der Waals surface area contributed by atoms with E-state index in [1.807, 2.05) is 0 Å². The summed E-state index contributed by atoms with van der Waals surface area (Å²) in [7, 11) is 0. The lowest BCUT2D eigenvalue weighted by Crippen LogP contribution is -1.74. The molecule has 0 aliphatic heterocycles. The number of benzene rings is 1. The summed E-state index contributed by atoms with van der Waals surface area (Å²) in [6, 6.07) is 4.87. The molecule has 1 aromatic rings. The quantitative estimate of drug-likeness (QED) is 0.731. The van der Waals surface area contributed by atoms with E-state index < -0.39 is 0 Å². The third-order valence-corrected chi connectivity index (χ3v) is 1.79. The largest absolute Gasteiger partial charge is 0.507 e. The van der Waals surface area contributed by atoms with Crippen molar-refractivity contribution in [3.63, 3.8) is 0 Å². The molecule has 1 N–H and O–H groups in total. The van der Waals surface area contributed by atoms with Gasteiger partial charge in [-0.1, -0.05) is 23.8 Å². The van der Waals surface area contributed by atoms with Gasteiger partial charge in [0.15, 0.2) is 0 Å². The first-order valence-corrected chi connectivity index (χ1v) is 4.36. The molecule has 0 atom stereocenters. The lowest BCUT2D eigenvalue weighted by Gasteiger charge is -1.98. The second-order valence-electron chi connectivity index (χ2n) is 2.26. The Bertz CT molecular complexity index is 295. The van der Waals surface area contributed by atoms with E-state index in [1.54, 1.807) is 30.4 Å². The number of allylic oxidation sites excluding steroid dienone is 1. The van der Waals surface area contributed by atoms with Crippen LogP contribution in [-0.2, 0) is 0 Å². The van der Waals surface area contributed by atoms with E-state index in [9.17, 15) is 5.11 Å². The van der Waals surface area contributed by atoms with E-state index in [1.165, 1.54) is 0 Å². The molecule has 0 spiro atoms. The summed E-state index contributed by atoms with van der Waals surface area (Å²) in [5, 5.41) is 9.91. The van der Waals surface area contributed by atoms with Crippen LogP contribution in [0.4, 0.5) is 0 Å². The summed E-state index contributed by atoms with van der Waals surface area (Å²) < 4.78 is 0. The Morgan fingerprint density at radius 1 is 1.42 bits per heavy atom. The lowest BCUT2D eigenvalue weighted by atomic mass is 10.2. The van der Waals surface area contributed by atoms with Gasteiger partial charge in [-0.3, -0.25) is 0 Å². The number of hydrogen-bond donors (Lipinski definition) is 1. The third kappa shape index (κ3) is 2.43. The van der Waals surface area contributed by atoms with Gasteiger partial charge in [0, 0.05) is 16.5 Å². The first-order chi connectivity index (χ1) is 5.74. The Hall–Kier alpha value is -0.660. The van der Waals surface area contributed by atoms with Crippen molar-refractivity contribution < 1.29 is 5.11 Å². The van der Waals surface area contributed by atoms with Crippen LogP contribution in [0.15, 0.2) is 24.3 Å². The normalized spacial score (nSPS) is 10.8. The number of phenolic OH excluding ortho intramolecular Hbond substituents is 1. The van der Waals surface area contributed by atoms with Crippen molar-refractivity contribution in [2.24, 2.45) is 0 Å². The molecule has 1 nitrogen and oxygen atoms in total. The predicted molar refractivity (Wildman–Crippen MR) is 52.9 cm³/mol. The average molecular weight is 203 g/mol. The minimum absolute atomic E-state index is 0.209. The third-order valence-electron chi connectivity index (χ3n) is 1.38. The van der Waals surface area contributed by atoms with Gasteiger partial charge in [-0.25, -0.2) is 0 Å². The van der Waals surface area contributed by atoms with Crippen LogP contribution in [0.2, 0.25) is 5.02 Å². The van der Waals surface area contributed by atoms with Crippen molar-refractivity contribution >= 4 is 29.3 Å². The van der Waals surface area contributed by atoms with Gasteiger partial charge in [0.05, 0.1) is 0 Å². The molecule has 0 aliphatic rings. The SMILES string of the molecule is Oc1ccc(Cl)cc1C=CCCl. The summed E-state index contributed by atoms with van der Waals surface area (Å²) in [4.78, 5) is 0. The molecule has 0 saturated carbocycles. The van der Waals surface area contributed by atoms with Crippen LogP contribution in [0, 0.1) is 0 Å². The van der Waals surface area contributed by atoms with E-state index >= 15 is 0 Å². The Balaban J connectivity index is 2.97. The maximum atomic E-state index is 9.31. The summed E-state index contributed by atoms with van der Waals surface area (Å²) >= 11 is 11.2. The van der Waals surface area contributed by atoms with Crippen molar-refractivity contribution in [1.29, 1.82) is 0 Å². The minimum Gasteiger partial charge on any atom is -0.507 e. The molecule has 0 fully saturated rings. The monoisotopic (exact) mass is 202 g/mol. The summed E-state index contributed by atoms with van der Waals surface area (Å²) in [6.45, 7) is 0. The standard InChI is InChI=1S/C9H8Cl2O/c10-5-1-2-7-6-8(11)3-4-9(7)12/h1-4,6,12H,5H2. The van der Waals surface area contributed by atoms with Crippen LogP contribution in [0.1, 0.15) is 5.56 Å². The molecule has 0 unspecified atom stereocenters. The highest BCUT2D eigenvalue weighted by atomic mass is 35.5. The molecule has 0 radical (unpaired) electrons. The number of rotatable bonds is 2. The van der Waals surface area contributed by atoms with Gasteiger partial charge in [0.1, 0.15) is 5.75 Å². The molecule has 1 aromatic carbocycles. The van der Waals surface area contributed by atoms with Crippen molar-refractivity contribution in [2.45, 2.75) is 0 Å². The first kappa shape index (κ1) is 9.43. The molecular formula is C9H8Cl2O. The Labute approximate surface area is 81.2 Å². The Morgan fingerprint density at radius 3 is 2.83 bits per heavy atom. The van der Waals surface area contributed by atoms with Crippen molar-refractivity contribution in [2.75, 3.05) is 5.88 Å². The number of alkyl halides is 1. The molecule has 12 heavy (non-hydrogen) atoms. The van der Waals surface area contributed by atoms with Gasteiger partial charge >= 0.3 is 0 Å². The lowest BCUT2D eigenvalue weighted by molar-refractivity contribution is 0.474. The van der Waals surface area contributed by atoms with Crippen LogP contribution >= 0.6 is 23.2 Å². The van der Waals surface area contributed by atoms with Gasteiger partial charge < -0.3 is 5.11 Å². The molecule has 64 valence electrons. The minimum atomic E-state index is 0.209. The van der Waals surface area contributed by atoms with Gasteiger partial charge in [-0.15, -0.1) is 11.6 Å². The van der Waals surface area contributed by atoms with Gasteiger partial charge in [0.25, 0.3) is 0 Å². The highest BCUT2D eigenvalue weighted by molar-refractivity contribution is 6.30. The zero-order chi connectivity index (χ0) is 8.97. The second-order valence-corrected chi connectivity index (χ2v) is 3.00. The topological polar surface area (TPSA) is 20.2 Å². The molecule has 0 amide bonds. The van der Waals surface area contributed by atoms with Crippen LogP contribution in [0.5, 0.6) is 5.75 Å². The zero-order valence-electron chi connectivity index (χ0n) is 6.30. The first-order valence-electron chi connectivity index (χ1n) is 3.45. The molecule has 0 bridgehead atoms.